The van der Waals surface area contributed by atoms with Gasteiger partial charge in [-0.05, 0) is 31.0 Å². The Balaban J connectivity index is 2.07. The van der Waals surface area contributed by atoms with Crippen LogP contribution in [-0.2, 0) is 10.0 Å². The van der Waals surface area contributed by atoms with Gasteiger partial charge in [-0.3, -0.25) is 0 Å². The van der Waals surface area contributed by atoms with Crippen molar-refractivity contribution in [2.45, 2.75) is 42.6 Å². The Kier molecular flexibility index (Phi) is 4.31. The van der Waals surface area contributed by atoms with Crippen LogP contribution in [0.5, 0.6) is 0 Å². The third kappa shape index (κ3) is 3.68. The van der Waals surface area contributed by atoms with Crippen LogP contribution in [0.3, 0.4) is 0 Å². The van der Waals surface area contributed by atoms with E-state index < -0.39 is 21.4 Å². The van der Waals surface area contributed by atoms with Gasteiger partial charge in [-0.2, -0.15) is 0 Å². The first-order chi connectivity index (χ1) is 9.30. The summed E-state index contributed by atoms with van der Waals surface area (Å²) in [5.74, 6) is -0.698. The Morgan fingerprint density at radius 2 is 1.95 bits per heavy atom. The second-order valence-corrected chi connectivity index (χ2v) is 6.89. The SMILES string of the molecule is NS(=O)(=O)c1ccc(NCC2(O)CCCCC2)c(F)c1. The highest BCUT2D eigenvalue weighted by molar-refractivity contribution is 7.89. The highest BCUT2D eigenvalue weighted by atomic mass is 32.2. The summed E-state index contributed by atoms with van der Waals surface area (Å²) in [6.07, 6.45) is 4.42. The lowest BCUT2D eigenvalue weighted by atomic mass is 9.85. The molecule has 0 atom stereocenters. The quantitative estimate of drug-likeness (QED) is 0.787. The van der Waals surface area contributed by atoms with Crippen LogP contribution < -0.4 is 10.5 Å². The predicted octanol–water partition coefficient (Wildman–Crippen LogP) is 1.58. The number of nitrogens with one attached hydrogen (secondary N) is 1. The predicted molar refractivity (Wildman–Crippen MR) is 74.3 cm³/mol. The van der Waals surface area contributed by atoms with E-state index >= 15 is 0 Å². The average molecular weight is 302 g/mol. The Morgan fingerprint density at radius 1 is 1.30 bits per heavy atom. The molecular formula is C13H19FN2O3S. The van der Waals surface area contributed by atoms with Crippen LogP contribution in [0.4, 0.5) is 10.1 Å². The lowest BCUT2D eigenvalue weighted by molar-refractivity contribution is 0.0167. The molecular weight excluding hydrogens is 283 g/mol. The Bertz CT molecular complexity index is 583. The van der Waals surface area contributed by atoms with Gasteiger partial charge in [-0.25, -0.2) is 17.9 Å². The van der Waals surface area contributed by atoms with E-state index in [1.54, 1.807) is 0 Å². The van der Waals surface area contributed by atoms with E-state index in [9.17, 15) is 17.9 Å². The van der Waals surface area contributed by atoms with E-state index in [4.69, 9.17) is 5.14 Å². The second-order valence-electron chi connectivity index (χ2n) is 5.33. The number of halogens is 1. The van der Waals surface area contributed by atoms with E-state index in [1.807, 2.05) is 0 Å². The third-order valence-electron chi connectivity index (χ3n) is 3.66. The summed E-state index contributed by atoms with van der Waals surface area (Å²) in [6.45, 7) is 0.249. The largest absolute Gasteiger partial charge is 0.388 e. The molecule has 1 aromatic carbocycles. The Morgan fingerprint density at radius 3 is 2.50 bits per heavy atom. The molecule has 0 bridgehead atoms. The molecule has 1 fully saturated rings. The minimum Gasteiger partial charge on any atom is -0.388 e. The van der Waals surface area contributed by atoms with Crippen molar-refractivity contribution in [1.29, 1.82) is 0 Å². The van der Waals surface area contributed by atoms with Gasteiger partial charge >= 0.3 is 0 Å². The van der Waals surface area contributed by atoms with Crippen molar-refractivity contribution in [2.24, 2.45) is 5.14 Å². The standard InChI is InChI=1S/C13H19FN2O3S/c14-11-8-10(20(15,18)19)4-5-12(11)16-9-13(17)6-2-1-3-7-13/h4-5,8,16-17H,1-3,6-7,9H2,(H2,15,18,19). The van der Waals surface area contributed by atoms with Crippen LogP contribution in [0.2, 0.25) is 0 Å². The van der Waals surface area contributed by atoms with Gasteiger partial charge in [0.2, 0.25) is 10.0 Å². The van der Waals surface area contributed by atoms with Crippen molar-refractivity contribution in [3.63, 3.8) is 0 Å². The van der Waals surface area contributed by atoms with Gasteiger partial charge in [0.25, 0.3) is 0 Å². The van der Waals surface area contributed by atoms with E-state index in [0.717, 1.165) is 25.3 Å². The molecule has 0 radical (unpaired) electrons. The van der Waals surface area contributed by atoms with Crippen molar-refractivity contribution >= 4 is 15.7 Å². The molecule has 0 aromatic heterocycles. The first-order valence-electron chi connectivity index (χ1n) is 6.59. The number of anilines is 1. The maximum Gasteiger partial charge on any atom is 0.238 e. The number of aliphatic hydroxyl groups is 1. The molecule has 0 unspecified atom stereocenters. The van der Waals surface area contributed by atoms with Gasteiger partial charge in [0.15, 0.2) is 0 Å². The van der Waals surface area contributed by atoms with Crippen molar-refractivity contribution < 1.29 is 17.9 Å². The summed E-state index contributed by atoms with van der Waals surface area (Å²) in [5.41, 5.74) is -0.653. The zero-order valence-electron chi connectivity index (χ0n) is 11.1. The van der Waals surface area contributed by atoms with Crippen LogP contribution in [0.25, 0.3) is 0 Å². The van der Waals surface area contributed by atoms with E-state index in [-0.39, 0.29) is 17.1 Å². The topological polar surface area (TPSA) is 92.4 Å². The molecule has 4 N–H and O–H groups in total. The molecule has 1 aliphatic carbocycles. The number of rotatable bonds is 4. The summed E-state index contributed by atoms with van der Waals surface area (Å²) < 4.78 is 36.0. The average Bonchev–Trinajstić information content (AvgIpc) is 2.37. The number of nitrogens with two attached hydrogens (primary N) is 1. The maximum absolute atomic E-state index is 13.8. The summed E-state index contributed by atoms with van der Waals surface area (Å²) in [4.78, 5) is -0.267. The van der Waals surface area contributed by atoms with Crippen molar-refractivity contribution in [1.82, 2.24) is 0 Å². The zero-order valence-corrected chi connectivity index (χ0v) is 11.9. The van der Waals surface area contributed by atoms with Crippen molar-refractivity contribution in [3.8, 4) is 0 Å². The lowest BCUT2D eigenvalue weighted by Gasteiger charge is -2.32. The molecule has 0 heterocycles. The van der Waals surface area contributed by atoms with Crippen LogP contribution >= 0.6 is 0 Å². The van der Waals surface area contributed by atoms with E-state index in [2.05, 4.69) is 5.32 Å². The molecule has 0 saturated heterocycles. The third-order valence-corrected chi connectivity index (χ3v) is 4.57. The molecule has 5 nitrogen and oxygen atoms in total. The molecule has 0 amide bonds. The molecule has 1 saturated carbocycles. The number of sulfonamides is 1. The normalized spacial score (nSPS) is 18.8. The Hall–Kier alpha value is -1.18. The molecule has 2 rings (SSSR count). The molecule has 1 aliphatic rings. The highest BCUT2D eigenvalue weighted by Gasteiger charge is 2.29. The van der Waals surface area contributed by atoms with Gasteiger partial charge in [0, 0.05) is 6.54 Å². The molecule has 1 aromatic rings. The molecule has 112 valence electrons. The summed E-state index contributed by atoms with van der Waals surface area (Å²) in [6, 6.07) is 3.44. The van der Waals surface area contributed by atoms with Gasteiger partial charge in [-0.1, -0.05) is 19.3 Å². The minimum atomic E-state index is -3.91. The smallest absolute Gasteiger partial charge is 0.238 e. The number of primary sulfonamides is 1. The summed E-state index contributed by atoms with van der Waals surface area (Å²) in [5, 5.41) is 18.1. The van der Waals surface area contributed by atoms with Crippen LogP contribution in [-0.4, -0.2) is 25.7 Å². The van der Waals surface area contributed by atoms with Gasteiger partial charge in [0.05, 0.1) is 16.2 Å². The number of benzene rings is 1. The van der Waals surface area contributed by atoms with Gasteiger partial charge < -0.3 is 10.4 Å². The highest BCUT2D eigenvalue weighted by Crippen LogP contribution is 2.28. The second kappa shape index (κ2) is 5.67. The van der Waals surface area contributed by atoms with E-state index in [1.165, 1.54) is 12.1 Å². The number of hydrogen-bond acceptors (Lipinski definition) is 4. The fourth-order valence-electron chi connectivity index (χ4n) is 2.46. The summed E-state index contributed by atoms with van der Waals surface area (Å²) >= 11 is 0. The molecule has 0 aliphatic heterocycles. The summed E-state index contributed by atoms with van der Waals surface area (Å²) in [7, 11) is -3.91. The van der Waals surface area contributed by atoms with Crippen LogP contribution in [0.15, 0.2) is 23.1 Å². The molecule has 20 heavy (non-hydrogen) atoms. The monoisotopic (exact) mass is 302 g/mol. The maximum atomic E-state index is 13.8. The fourth-order valence-corrected chi connectivity index (χ4v) is 2.99. The number of hydrogen-bond donors (Lipinski definition) is 3. The van der Waals surface area contributed by atoms with Crippen LogP contribution in [0, 0.1) is 5.82 Å². The first-order valence-corrected chi connectivity index (χ1v) is 8.13. The van der Waals surface area contributed by atoms with Crippen LogP contribution in [0.1, 0.15) is 32.1 Å². The van der Waals surface area contributed by atoms with Gasteiger partial charge in [-0.15, -0.1) is 0 Å². The van der Waals surface area contributed by atoms with E-state index in [0.29, 0.717) is 12.8 Å². The molecule has 7 heteroatoms. The fraction of sp³-hybridized carbons (Fsp3) is 0.538. The lowest BCUT2D eigenvalue weighted by Crippen LogP contribution is -2.38. The minimum absolute atomic E-state index is 0.163. The Labute approximate surface area is 118 Å². The van der Waals surface area contributed by atoms with Crippen molar-refractivity contribution in [2.75, 3.05) is 11.9 Å². The first kappa shape index (κ1) is 15.2. The van der Waals surface area contributed by atoms with Crippen molar-refractivity contribution in [3.05, 3.63) is 24.0 Å². The zero-order chi connectivity index (χ0) is 14.8. The van der Waals surface area contributed by atoms with Gasteiger partial charge in [0.1, 0.15) is 5.82 Å². The molecule has 0 spiro atoms.